The van der Waals surface area contributed by atoms with Gasteiger partial charge < -0.3 is 16.2 Å². The Kier molecular flexibility index (Phi) is 5.25. The van der Waals surface area contributed by atoms with E-state index in [0.717, 1.165) is 6.07 Å². The molecule has 2 aromatic rings. The Balaban J connectivity index is 2.28. The molecule has 0 saturated heterocycles. The Morgan fingerprint density at radius 1 is 1.46 bits per heavy atom. The lowest BCUT2D eigenvalue weighted by molar-refractivity contribution is -0.201. The fourth-order valence-corrected chi connectivity index (χ4v) is 2.03. The first kappa shape index (κ1) is 18.0. The molecule has 128 valence electrons. The minimum absolute atomic E-state index is 0.0635. The molecule has 0 aliphatic heterocycles. The maximum Gasteiger partial charge on any atom is 0.416 e. The van der Waals surface area contributed by atoms with Gasteiger partial charge in [-0.2, -0.15) is 13.2 Å². The van der Waals surface area contributed by atoms with Crippen molar-refractivity contribution in [2.24, 2.45) is 0 Å². The minimum atomic E-state index is -4.84. The van der Waals surface area contributed by atoms with Crippen LogP contribution in [0.2, 0.25) is 5.15 Å². The minimum Gasteiger partial charge on any atom is -0.396 e. The molecule has 0 aromatic carbocycles. The second kappa shape index (κ2) is 7.02. The van der Waals surface area contributed by atoms with Gasteiger partial charge >= 0.3 is 6.18 Å². The van der Waals surface area contributed by atoms with E-state index >= 15 is 0 Å². The van der Waals surface area contributed by atoms with Crippen molar-refractivity contribution in [2.75, 3.05) is 12.3 Å². The number of carbonyl (C=O) groups is 1. The Morgan fingerprint density at radius 3 is 2.75 bits per heavy atom. The molecule has 0 aliphatic carbocycles. The van der Waals surface area contributed by atoms with Crippen LogP contribution in [-0.2, 0) is 0 Å². The molecule has 0 aliphatic rings. The number of aliphatic hydroxyl groups excluding tert-OH is 1. The van der Waals surface area contributed by atoms with Gasteiger partial charge in [0.25, 0.3) is 5.91 Å². The summed E-state index contributed by atoms with van der Waals surface area (Å²) in [7, 11) is 0. The van der Waals surface area contributed by atoms with E-state index < -0.39 is 24.7 Å². The van der Waals surface area contributed by atoms with Crippen LogP contribution in [0.1, 0.15) is 10.4 Å². The number of hydrogen-bond donors (Lipinski definition) is 3. The number of anilines is 1. The van der Waals surface area contributed by atoms with Crippen molar-refractivity contribution >= 4 is 23.2 Å². The van der Waals surface area contributed by atoms with Gasteiger partial charge in [-0.05, 0) is 18.2 Å². The summed E-state index contributed by atoms with van der Waals surface area (Å²) < 4.78 is 36.8. The topological polar surface area (TPSA) is 101 Å². The highest BCUT2D eigenvalue weighted by molar-refractivity contribution is 6.30. The largest absolute Gasteiger partial charge is 0.416 e. The first-order valence-corrected chi connectivity index (χ1v) is 6.97. The lowest BCUT2D eigenvalue weighted by Crippen LogP contribution is -2.40. The number of pyridine rings is 2. The van der Waals surface area contributed by atoms with Gasteiger partial charge in [0.1, 0.15) is 5.15 Å². The SMILES string of the molecule is Nc1c(C(=O)NC[C@@H](O)C(F)(F)F)cc(Cl)nc1-c1cccnc1. The summed E-state index contributed by atoms with van der Waals surface area (Å²) in [4.78, 5) is 20.0. The zero-order valence-corrected chi connectivity index (χ0v) is 12.8. The maximum atomic E-state index is 12.3. The smallest absolute Gasteiger partial charge is 0.396 e. The number of nitrogens with two attached hydrogens (primary N) is 1. The Morgan fingerprint density at radius 2 is 2.17 bits per heavy atom. The van der Waals surface area contributed by atoms with E-state index in [4.69, 9.17) is 22.4 Å². The van der Waals surface area contributed by atoms with Crippen molar-refractivity contribution in [3.63, 3.8) is 0 Å². The quantitative estimate of drug-likeness (QED) is 0.724. The van der Waals surface area contributed by atoms with E-state index in [0.29, 0.717) is 5.56 Å². The molecular formula is C14H12ClF3N4O2. The van der Waals surface area contributed by atoms with Crippen LogP contribution in [0, 0.1) is 0 Å². The third kappa shape index (κ3) is 4.12. The highest BCUT2D eigenvalue weighted by Gasteiger charge is 2.38. The average molecular weight is 361 g/mol. The zero-order valence-electron chi connectivity index (χ0n) is 12.0. The van der Waals surface area contributed by atoms with Crippen molar-refractivity contribution in [3.05, 3.63) is 41.3 Å². The monoisotopic (exact) mass is 360 g/mol. The van der Waals surface area contributed by atoms with Gasteiger partial charge in [-0.1, -0.05) is 11.6 Å². The number of rotatable bonds is 4. The van der Waals surface area contributed by atoms with Gasteiger partial charge in [0, 0.05) is 18.0 Å². The summed E-state index contributed by atoms with van der Waals surface area (Å²) in [5.74, 6) is -0.912. The molecule has 2 aromatic heterocycles. The zero-order chi connectivity index (χ0) is 17.9. The van der Waals surface area contributed by atoms with Crippen LogP contribution < -0.4 is 11.1 Å². The van der Waals surface area contributed by atoms with Crippen LogP contribution >= 0.6 is 11.6 Å². The van der Waals surface area contributed by atoms with Crippen LogP contribution in [0.3, 0.4) is 0 Å². The standard InChI is InChI=1S/C14H12ClF3N4O2/c15-10-4-8(13(24)21-6-9(23)14(16,17)18)11(19)12(22-10)7-2-1-3-20-5-7/h1-5,9,23H,6,19H2,(H,21,24)/t9-/m1/s1. The number of halogens is 4. The number of aromatic nitrogens is 2. The highest BCUT2D eigenvalue weighted by atomic mass is 35.5. The third-order valence-electron chi connectivity index (χ3n) is 3.04. The van der Waals surface area contributed by atoms with Gasteiger partial charge in [-0.15, -0.1) is 0 Å². The lowest BCUT2D eigenvalue weighted by atomic mass is 10.1. The number of aliphatic hydroxyl groups is 1. The number of nitrogens with one attached hydrogen (secondary N) is 1. The number of nitrogens with zero attached hydrogens (tertiary/aromatic N) is 2. The van der Waals surface area contributed by atoms with E-state index in [-0.39, 0.29) is 22.1 Å². The predicted molar refractivity (Wildman–Crippen MR) is 81.3 cm³/mol. The van der Waals surface area contributed by atoms with E-state index in [2.05, 4.69) is 9.97 Å². The normalized spacial score (nSPS) is 12.7. The van der Waals surface area contributed by atoms with Crippen molar-refractivity contribution in [1.29, 1.82) is 0 Å². The van der Waals surface area contributed by atoms with Crippen molar-refractivity contribution in [3.8, 4) is 11.3 Å². The molecule has 0 fully saturated rings. The highest BCUT2D eigenvalue weighted by Crippen LogP contribution is 2.28. The van der Waals surface area contributed by atoms with E-state index in [1.165, 1.54) is 12.4 Å². The van der Waals surface area contributed by atoms with Crippen LogP contribution in [0.25, 0.3) is 11.3 Å². The van der Waals surface area contributed by atoms with Crippen molar-refractivity contribution in [1.82, 2.24) is 15.3 Å². The Hall–Kier alpha value is -2.39. The summed E-state index contributed by atoms with van der Waals surface area (Å²) in [5, 5.41) is 10.8. The van der Waals surface area contributed by atoms with Crippen molar-refractivity contribution in [2.45, 2.75) is 12.3 Å². The molecule has 1 atom stereocenters. The number of carbonyl (C=O) groups excluding carboxylic acids is 1. The first-order valence-electron chi connectivity index (χ1n) is 6.59. The molecule has 0 saturated carbocycles. The number of hydrogen-bond acceptors (Lipinski definition) is 5. The predicted octanol–water partition coefficient (Wildman–Crippen LogP) is 2.03. The molecule has 2 rings (SSSR count). The summed E-state index contributed by atoms with van der Waals surface area (Å²) in [6, 6.07) is 4.39. The molecular weight excluding hydrogens is 349 g/mol. The van der Waals surface area contributed by atoms with Crippen LogP contribution in [0.4, 0.5) is 18.9 Å². The van der Waals surface area contributed by atoms with E-state index in [1.54, 1.807) is 12.1 Å². The molecule has 0 spiro atoms. The molecule has 0 bridgehead atoms. The summed E-state index contributed by atoms with van der Waals surface area (Å²) in [5.41, 5.74) is 6.34. The van der Waals surface area contributed by atoms with Crippen LogP contribution in [0.5, 0.6) is 0 Å². The summed E-state index contributed by atoms with van der Waals surface area (Å²) in [6.07, 6.45) is -4.55. The van der Waals surface area contributed by atoms with Gasteiger partial charge in [0.05, 0.1) is 23.5 Å². The van der Waals surface area contributed by atoms with Crippen LogP contribution in [0.15, 0.2) is 30.6 Å². The molecule has 10 heteroatoms. The average Bonchev–Trinajstić information content (AvgIpc) is 2.54. The molecule has 6 nitrogen and oxygen atoms in total. The summed E-state index contributed by atoms with van der Waals surface area (Å²) >= 11 is 5.85. The number of amides is 1. The molecule has 0 radical (unpaired) electrons. The summed E-state index contributed by atoms with van der Waals surface area (Å²) in [6.45, 7) is -1.01. The first-order chi connectivity index (χ1) is 11.2. The Bertz CT molecular complexity index is 741. The Labute approximate surface area is 139 Å². The molecule has 2 heterocycles. The van der Waals surface area contributed by atoms with Gasteiger partial charge in [0.15, 0.2) is 6.10 Å². The molecule has 0 unspecified atom stereocenters. The van der Waals surface area contributed by atoms with E-state index in [9.17, 15) is 18.0 Å². The fourth-order valence-electron chi connectivity index (χ4n) is 1.83. The van der Waals surface area contributed by atoms with Gasteiger partial charge in [0.2, 0.25) is 0 Å². The van der Waals surface area contributed by atoms with Crippen molar-refractivity contribution < 1.29 is 23.1 Å². The molecule has 4 N–H and O–H groups in total. The lowest BCUT2D eigenvalue weighted by Gasteiger charge is -2.16. The molecule has 24 heavy (non-hydrogen) atoms. The van der Waals surface area contributed by atoms with Gasteiger partial charge in [-0.3, -0.25) is 9.78 Å². The van der Waals surface area contributed by atoms with E-state index in [1.807, 2.05) is 5.32 Å². The fraction of sp³-hybridized carbons (Fsp3) is 0.214. The number of alkyl halides is 3. The number of nitrogen functional groups attached to an aromatic ring is 1. The second-order valence-electron chi connectivity index (χ2n) is 4.76. The third-order valence-corrected chi connectivity index (χ3v) is 3.23. The second-order valence-corrected chi connectivity index (χ2v) is 5.15. The van der Waals surface area contributed by atoms with Crippen LogP contribution in [-0.4, -0.2) is 39.8 Å². The van der Waals surface area contributed by atoms with Gasteiger partial charge in [-0.25, -0.2) is 4.98 Å². The molecule has 1 amide bonds. The maximum absolute atomic E-state index is 12.3.